The third kappa shape index (κ3) is 4.85. The summed E-state index contributed by atoms with van der Waals surface area (Å²) < 4.78 is 42.6. The fraction of sp³-hybridized carbons (Fsp3) is 0.259. The lowest BCUT2D eigenvalue weighted by Gasteiger charge is -2.37. The molecular weight excluding hydrogens is 479 g/mol. The number of piperazine rings is 1. The summed E-state index contributed by atoms with van der Waals surface area (Å²) in [6.07, 6.45) is -3.08. The average molecular weight is 504 g/mol. The summed E-state index contributed by atoms with van der Waals surface area (Å²) in [4.78, 5) is 17.4. The summed E-state index contributed by atoms with van der Waals surface area (Å²) in [6.45, 7) is 5.64. The van der Waals surface area contributed by atoms with Crippen LogP contribution in [0.2, 0.25) is 0 Å². The monoisotopic (exact) mass is 503 g/mol. The number of rotatable bonds is 4. The van der Waals surface area contributed by atoms with Gasteiger partial charge in [0.1, 0.15) is 11.6 Å². The lowest BCUT2D eigenvalue weighted by molar-refractivity contribution is -0.137. The van der Waals surface area contributed by atoms with Crippen LogP contribution in [0.5, 0.6) is 0 Å². The second-order valence-corrected chi connectivity index (χ2v) is 8.90. The van der Waals surface area contributed by atoms with Gasteiger partial charge in [0.15, 0.2) is 0 Å². The van der Waals surface area contributed by atoms with Crippen molar-refractivity contribution in [2.24, 2.45) is 0 Å². The van der Waals surface area contributed by atoms with Crippen molar-refractivity contribution in [2.45, 2.75) is 20.0 Å². The van der Waals surface area contributed by atoms with Crippen molar-refractivity contribution in [2.75, 3.05) is 36.0 Å². The Hall–Kier alpha value is -4.39. The summed E-state index contributed by atoms with van der Waals surface area (Å²) in [5, 5.41) is 9.15. The quantitative estimate of drug-likeness (QED) is 0.383. The Bertz CT molecular complexity index is 1440. The molecule has 0 radical (unpaired) electrons. The molecule has 0 bridgehead atoms. The molecule has 1 aliphatic rings. The van der Waals surface area contributed by atoms with E-state index in [2.05, 4.69) is 16.0 Å². The second-order valence-electron chi connectivity index (χ2n) is 8.90. The largest absolute Gasteiger partial charge is 0.419 e. The zero-order valence-corrected chi connectivity index (χ0v) is 20.4. The Labute approximate surface area is 212 Å². The van der Waals surface area contributed by atoms with Gasteiger partial charge in [-0.15, -0.1) is 0 Å². The van der Waals surface area contributed by atoms with Gasteiger partial charge in [0.2, 0.25) is 5.95 Å². The average Bonchev–Trinajstić information content (AvgIpc) is 3.25. The molecule has 1 saturated heterocycles. The molecule has 10 heteroatoms. The molecule has 1 aromatic carbocycles. The molecule has 0 saturated carbocycles. The van der Waals surface area contributed by atoms with Crippen molar-refractivity contribution in [1.82, 2.24) is 19.5 Å². The smallest absolute Gasteiger partial charge is 0.353 e. The number of nitriles is 1. The van der Waals surface area contributed by atoms with E-state index in [1.165, 1.54) is 12.3 Å². The molecule has 0 unspecified atom stereocenters. The second kappa shape index (κ2) is 9.58. The summed E-state index contributed by atoms with van der Waals surface area (Å²) in [6, 6.07) is 17.6. The fourth-order valence-corrected chi connectivity index (χ4v) is 4.55. The van der Waals surface area contributed by atoms with Crippen LogP contribution in [0.3, 0.4) is 0 Å². The highest BCUT2D eigenvalue weighted by atomic mass is 19.4. The highest BCUT2D eigenvalue weighted by molar-refractivity contribution is 5.65. The van der Waals surface area contributed by atoms with Crippen LogP contribution in [0.15, 0.2) is 60.8 Å². The zero-order valence-electron chi connectivity index (χ0n) is 20.4. The van der Waals surface area contributed by atoms with E-state index in [-0.39, 0.29) is 5.82 Å². The van der Waals surface area contributed by atoms with E-state index in [1.807, 2.05) is 48.7 Å². The van der Waals surface area contributed by atoms with E-state index < -0.39 is 11.7 Å². The number of hydrogen-bond donors (Lipinski definition) is 0. The standard InChI is InChI=1S/C27H24F3N7/c1-18-5-6-19(2)37(18)26-33-23(21-9-7-20(17-31)8-10-21)16-24(34-26)35-12-14-36(15-13-35)25-22(27(28,29)30)4-3-11-32-25/h3-11,16H,12-15H2,1-2H3. The lowest BCUT2D eigenvalue weighted by atomic mass is 10.1. The molecule has 1 aliphatic heterocycles. The molecule has 37 heavy (non-hydrogen) atoms. The van der Waals surface area contributed by atoms with E-state index in [9.17, 15) is 13.2 Å². The van der Waals surface area contributed by atoms with Crippen LogP contribution < -0.4 is 9.80 Å². The number of benzene rings is 1. The van der Waals surface area contributed by atoms with Gasteiger partial charge in [-0.1, -0.05) is 12.1 Å². The van der Waals surface area contributed by atoms with Gasteiger partial charge in [-0.05, 0) is 50.2 Å². The molecule has 0 amide bonds. The van der Waals surface area contributed by atoms with Crippen LogP contribution in [0.1, 0.15) is 22.5 Å². The van der Waals surface area contributed by atoms with Gasteiger partial charge < -0.3 is 9.80 Å². The Balaban J connectivity index is 1.48. The van der Waals surface area contributed by atoms with Crippen LogP contribution in [-0.4, -0.2) is 45.7 Å². The normalized spacial score (nSPS) is 14.1. The predicted octanol–water partition coefficient (Wildman–Crippen LogP) is 5.16. The van der Waals surface area contributed by atoms with Gasteiger partial charge in [0, 0.05) is 55.4 Å². The van der Waals surface area contributed by atoms with Crippen molar-refractivity contribution in [3.63, 3.8) is 0 Å². The van der Waals surface area contributed by atoms with E-state index in [1.54, 1.807) is 17.0 Å². The summed E-state index contributed by atoms with van der Waals surface area (Å²) in [5.41, 5.74) is 3.34. The topological polar surface area (TPSA) is 73.9 Å². The zero-order chi connectivity index (χ0) is 26.2. The van der Waals surface area contributed by atoms with E-state index in [4.69, 9.17) is 15.2 Å². The van der Waals surface area contributed by atoms with Crippen molar-refractivity contribution >= 4 is 11.6 Å². The summed E-state index contributed by atoms with van der Waals surface area (Å²) >= 11 is 0. The third-order valence-corrected chi connectivity index (χ3v) is 6.48. The minimum atomic E-state index is -4.47. The van der Waals surface area contributed by atoms with Crippen molar-refractivity contribution in [3.8, 4) is 23.3 Å². The van der Waals surface area contributed by atoms with Crippen LogP contribution in [-0.2, 0) is 6.18 Å². The maximum atomic E-state index is 13.5. The molecule has 0 N–H and O–H groups in total. The number of anilines is 2. The Morgan fingerprint density at radius 3 is 2.14 bits per heavy atom. The number of aryl methyl sites for hydroxylation is 2. The predicted molar refractivity (Wildman–Crippen MR) is 135 cm³/mol. The summed E-state index contributed by atoms with van der Waals surface area (Å²) in [7, 11) is 0. The minimum Gasteiger partial charge on any atom is -0.353 e. The highest BCUT2D eigenvalue weighted by Crippen LogP contribution is 2.35. The highest BCUT2D eigenvalue weighted by Gasteiger charge is 2.36. The van der Waals surface area contributed by atoms with Crippen molar-refractivity contribution in [1.29, 1.82) is 5.26 Å². The molecule has 7 nitrogen and oxygen atoms in total. The van der Waals surface area contributed by atoms with Crippen LogP contribution in [0, 0.1) is 25.2 Å². The first kappa shape index (κ1) is 24.3. The summed E-state index contributed by atoms with van der Waals surface area (Å²) in [5.74, 6) is 1.16. The van der Waals surface area contributed by atoms with E-state index >= 15 is 0 Å². The SMILES string of the molecule is Cc1ccc(C)n1-c1nc(-c2ccc(C#N)cc2)cc(N2CCN(c3ncccc3C(F)(F)F)CC2)n1. The number of halogens is 3. The van der Waals surface area contributed by atoms with Gasteiger partial charge in [-0.2, -0.15) is 23.4 Å². The Kier molecular flexibility index (Phi) is 6.29. The molecule has 0 aliphatic carbocycles. The van der Waals surface area contributed by atoms with Gasteiger partial charge in [0.25, 0.3) is 0 Å². The molecule has 1 fully saturated rings. The first-order valence-corrected chi connectivity index (χ1v) is 11.8. The minimum absolute atomic E-state index is 0.0464. The Morgan fingerprint density at radius 2 is 1.51 bits per heavy atom. The van der Waals surface area contributed by atoms with Crippen LogP contribution in [0.4, 0.5) is 24.8 Å². The number of nitrogens with zero attached hydrogens (tertiary/aromatic N) is 7. The molecule has 3 aromatic heterocycles. The van der Waals surface area contributed by atoms with Gasteiger partial charge >= 0.3 is 6.18 Å². The van der Waals surface area contributed by atoms with Crippen LogP contribution >= 0.6 is 0 Å². The van der Waals surface area contributed by atoms with Gasteiger partial charge in [-0.3, -0.25) is 4.57 Å². The van der Waals surface area contributed by atoms with E-state index in [0.717, 1.165) is 23.0 Å². The first-order valence-electron chi connectivity index (χ1n) is 11.8. The molecule has 5 rings (SSSR count). The van der Waals surface area contributed by atoms with Crippen molar-refractivity contribution in [3.05, 3.63) is 83.3 Å². The Morgan fingerprint density at radius 1 is 0.865 bits per heavy atom. The molecule has 188 valence electrons. The molecule has 4 aromatic rings. The molecule has 0 spiro atoms. The third-order valence-electron chi connectivity index (χ3n) is 6.48. The van der Waals surface area contributed by atoms with E-state index in [0.29, 0.717) is 49.2 Å². The number of aromatic nitrogens is 4. The maximum absolute atomic E-state index is 13.5. The fourth-order valence-electron chi connectivity index (χ4n) is 4.55. The molecule has 4 heterocycles. The number of pyridine rings is 1. The first-order chi connectivity index (χ1) is 17.7. The molecule has 0 atom stereocenters. The van der Waals surface area contributed by atoms with Gasteiger partial charge in [0.05, 0.1) is 22.9 Å². The van der Waals surface area contributed by atoms with Gasteiger partial charge in [-0.25, -0.2) is 9.97 Å². The number of hydrogen-bond acceptors (Lipinski definition) is 6. The molecular formula is C27H24F3N7. The van der Waals surface area contributed by atoms with Crippen molar-refractivity contribution < 1.29 is 13.2 Å². The number of alkyl halides is 3. The maximum Gasteiger partial charge on any atom is 0.419 e. The van der Waals surface area contributed by atoms with Crippen LogP contribution in [0.25, 0.3) is 17.2 Å². The lowest BCUT2D eigenvalue weighted by Crippen LogP contribution is -2.47.